The lowest BCUT2D eigenvalue weighted by molar-refractivity contribution is -0.151. The van der Waals surface area contributed by atoms with Crippen LogP contribution >= 0.6 is 0 Å². The fourth-order valence-corrected chi connectivity index (χ4v) is 1.33. The first-order valence-corrected chi connectivity index (χ1v) is 3.92. The zero-order valence-corrected chi connectivity index (χ0v) is 6.73. The predicted molar refractivity (Wildman–Crippen MR) is 39.2 cm³/mol. The van der Waals surface area contributed by atoms with Gasteiger partial charge >= 0.3 is 0 Å². The van der Waals surface area contributed by atoms with Gasteiger partial charge in [-0.2, -0.15) is 0 Å². The van der Waals surface area contributed by atoms with Crippen molar-refractivity contribution in [1.82, 2.24) is 0 Å². The molecule has 3 heteroatoms. The van der Waals surface area contributed by atoms with Crippen molar-refractivity contribution >= 4 is 5.78 Å². The zero-order chi connectivity index (χ0) is 8.32. The van der Waals surface area contributed by atoms with Gasteiger partial charge < -0.3 is 4.74 Å². The fourth-order valence-electron chi connectivity index (χ4n) is 1.33. The topological polar surface area (TPSA) is 26.3 Å². The average Bonchev–Trinajstić information content (AvgIpc) is 2.05. The van der Waals surface area contributed by atoms with E-state index in [4.69, 9.17) is 4.74 Å². The summed E-state index contributed by atoms with van der Waals surface area (Å²) in [5.41, 5.74) is -1.09. The maximum atomic E-state index is 12.4. The van der Waals surface area contributed by atoms with Gasteiger partial charge in [0.05, 0.1) is 0 Å². The van der Waals surface area contributed by atoms with Crippen molar-refractivity contribution in [2.75, 3.05) is 13.3 Å². The van der Waals surface area contributed by atoms with Crippen molar-refractivity contribution in [3.05, 3.63) is 0 Å². The molecule has 1 unspecified atom stereocenters. The van der Waals surface area contributed by atoms with Gasteiger partial charge in [0.25, 0.3) is 0 Å². The number of ketones is 1. The molecule has 0 bridgehead atoms. The van der Waals surface area contributed by atoms with Gasteiger partial charge in [-0.15, -0.1) is 0 Å². The molecule has 2 nitrogen and oxygen atoms in total. The van der Waals surface area contributed by atoms with E-state index in [2.05, 4.69) is 0 Å². The van der Waals surface area contributed by atoms with Gasteiger partial charge in [-0.25, -0.2) is 4.39 Å². The Morgan fingerprint density at radius 2 is 2.36 bits per heavy atom. The molecule has 0 aromatic rings. The lowest BCUT2D eigenvalue weighted by atomic mass is 9.91. The second-order valence-corrected chi connectivity index (χ2v) is 2.99. The number of ether oxygens (including phenoxy) is 1. The van der Waals surface area contributed by atoms with Crippen LogP contribution in [0.2, 0.25) is 0 Å². The summed E-state index contributed by atoms with van der Waals surface area (Å²) in [6.07, 6.45) is 2.37. The van der Waals surface area contributed by atoms with Crippen molar-refractivity contribution in [2.24, 2.45) is 0 Å². The molecule has 0 aromatic carbocycles. The van der Waals surface area contributed by atoms with Crippen molar-refractivity contribution < 1.29 is 13.9 Å². The standard InChI is InChI=1S/C8H13FO2/c1-7(10)8(6-9)4-2-3-5-11-8/h2-6H2,1H3. The van der Waals surface area contributed by atoms with Crippen molar-refractivity contribution in [3.8, 4) is 0 Å². The van der Waals surface area contributed by atoms with E-state index in [9.17, 15) is 9.18 Å². The fraction of sp³-hybridized carbons (Fsp3) is 0.875. The number of Topliss-reactive ketones (excluding diaryl/α,β-unsaturated/α-hetero) is 1. The minimum atomic E-state index is -1.09. The summed E-state index contributed by atoms with van der Waals surface area (Å²) < 4.78 is 17.6. The summed E-state index contributed by atoms with van der Waals surface area (Å²) in [5, 5.41) is 0. The molecule has 1 fully saturated rings. The molecule has 0 spiro atoms. The third kappa shape index (κ3) is 1.59. The molecule has 1 heterocycles. The van der Waals surface area contributed by atoms with Crippen LogP contribution in [0.5, 0.6) is 0 Å². The van der Waals surface area contributed by atoms with E-state index in [1.165, 1.54) is 6.92 Å². The molecule has 0 aliphatic carbocycles. The van der Waals surface area contributed by atoms with Gasteiger partial charge in [0.1, 0.15) is 6.67 Å². The van der Waals surface area contributed by atoms with Gasteiger partial charge in [-0.1, -0.05) is 0 Å². The first-order chi connectivity index (χ1) is 5.21. The second-order valence-electron chi connectivity index (χ2n) is 2.99. The second kappa shape index (κ2) is 3.30. The Labute approximate surface area is 65.7 Å². The van der Waals surface area contributed by atoms with E-state index in [0.29, 0.717) is 13.0 Å². The number of hydrogen-bond donors (Lipinski definition) is 0. The summed E-state index contributed by atoms with van der Waals surface area (Å²) in [6, 6.07) is 0. The first-order valence-electron chi connectivity index (χ1n) is 3.92. The Hall–Kier alpha value is -0.440. The van der Waals surface area contributed by atoms with Crippen molar-refractivity contribution in [3.63, 3.8) is 0 Å². The van der Waals surface area contributed by atoms with E-state index < -0.39 is 12.3 Å². The summed E-state index contributed by atoms with van der Waals surface area (Å²) in [7, 11) is 0. The molecule has 0 aromatic heterocycles. The number of halogens is 1. The van der Waals surface area contributed by atoms with Gasteiger partial charge in [0, 0.05) is 6.61 Å². The number of rotatable bonds is 2. The van der Waals surface area contributed by atoms with Gasteiger partial charge in [0.2, 0.25) is 0 Å². The summed E-state index contributed by atoms with van der Waals surface area (Å²) >= 11 is 0. The molecule has 64 valence electrons. The van der Waals surface area contributed by atoms with E-state index in [1.807, 2.05) is 0 Å². The maximum Gasteiger partial charge on any atom is 0.164 e. The predicted octanol–water partition coefficient (Wildman–Crippen LogP) is 1.48. The Bertz CT molecular complexity index is 150. The van der Waals surface area contributed by atoms with E-state index >= 15 is 0 Å². The minimum absolute atomic E-state index is 0.181. The third-order valence-electron chi connectivity index (χ3n) is 2.21. The van der Waals surface area contributed by atoms with Crippen LogP contribution in [0, 0.1) is 0 Å². The summed E-state index contributed by atoms with van der Waals surface area (Å²) in [6.45, 7) is 1.23. The Kier molecular flexibility index (Phi) is 2.60. The molecule has 0 amide bonds. The average molecular weight is 160 g/mol. The molecule has 0 radical (unpaired) electrons. The largest absolute Gasteiger partial charge is 0.364 e. The highest BCUT2D eigenvalue weighted by Gasteiger charge is 2.38. The van der Waals surface area contributed by atoms with E-state index in [-0.39, 0.29) is 5.78 Å². The molecule has 1 atom stereocenters. The number of carbonyl (C=O) groups is 1. The summed E-state index contributed by atoms with van der Waals surface area (Å²) in [5.74, 6) is -0.181. The van der Waals surface area contributed by atoms with Crippen molar-refractivity contribution in [2.45, 2.75) is 31.8 Å². The highest BCUT2D eigenvalue weighted by atomic mass is 19.1. The highest BCUT2D eigenvalue weighted by molar-refractivity contribution is 5.85. The number of carbonyl (C=O) groups excluding carboxylic acids is 1. The van der Waals surface area contributed by atoms with Gasteiger partial charge in [-0.3, -0.25) is 4.79 Å². The number of hydrogen-bond acceptors (Lipinski definition) is 2. The highest BCUT2D eigenvalue weighted by Crippen LogP contribution is 2.26. The lowest BCUT2D eigenvalue weighted by Crippen LogP contribution is -2.45. The Balaban J connectivity index is 2.64. The van der Waals surface area contributed by atoms with Crippen LogP contribution in [0.1, 0.15) is 26.2 Å². The molecular formula is C8H13FO2. The first kappa shape index (κ1) is 8.65. The van der Waals surface area contributed by atoms with Crippen molar-refractivity contribution in [1.29, 1.82) is 0 Å². The Morgan fingerprint density at radius 1 is 1.64 bits per heavy atom. The van der Waals surface area contributed by atoms with E-state index in [1.54, 1.807) is 0 Å². The van der Waals surface area contributed by atoms with Crippen LogP contribution in [-0.2, 0) is 9.53 Å². The van der Waals surface area contributed by atoms with Crippen LogP contribution in [-0.4, -0.2) is 24.7 Å². The van der Waals surface area contributed by atoms with Crippen LogP contribution in [0.4, 0.5) is 4.39 Å². The normalized spacial score (nSPS) is 31.8. The third-order valence-corrected chi connectivity index (χ3v) is 2.21. The molecule has 11 heavy (non-hydrogen) atoms. The van der Waals surface area contributed by atoms with Crippen LogP contribution < -0.4 is 0 Å². The molecule has 1 aliphatic rings. The van der Waals surface area contributed by atoms with Crippen LogP contribution in [0.15, 0.2) is 0 Å². The molecule has 1 saturated heterocycles. The summed E-state index contributed by atoms with van der Waals surface area (Å²) in [4.78, 5) is 11.0. The van der Waals surface area contributed by atoms with E-state index in [0.717, 1.165) is 12.8 Å². The monoisotopic (exact) mass is 160 g/mol. The Morgan fingerprint density at radius 3 is 2.64 bits per heavy atom. The minimum Gasteiger partial charge on any atom is -0.364 e. The molecule has 0 N–H and O–H groups in total. The molecule has 0 saturated carbocycles. The van der Waals surface area contributed by atoms with Gasteiger partial charge in [0.15, 0.2) is 11.4 Å². The number of alkyl halides is 1. The SMILES string of the molecule is CC(=O)C1(CF)CCCCO1. The zero-order valence-electron chi connectivity index (χ0n) is 6.73. The maximum absolute atomic E-state index is 12.4. The molecular weight excluding hydrogens is 147 g/mol. The quantitative estimate of drug-likeness (QED) is 0.611. The molecule has 1 rings (SSSR count). The van der Waals surface area contributed by atoms with Crippen LogP contribution in [0.25, 0.3) is 0 Å². The van der Waals surface area contributed by atoms with Crippen LogP contribution in [0.3, 0.4) is 0 Å². The smallest absolute Gasteiger partial charge is 0.164 e. The molecule has 1 aliphatic heterocycles. The van der Waals surface area contributed by atoms with Gasteiger partial charge in [-0.05, 0) is 26.2 Å². The lowest BCUT2D eigenvalue weighted by Gasteiger charge is -2.32.